The molecule has 1 heterocycles. The average Bonchev–Trinajstić information content (AvgIpc) is 3.20. The molecule has 5 atom stereocenters. The molecular formula is C30H45NO3. The van der Waals surface area contributed by atoms with Crippen molar-refractivity contribution in [3.05, 3.63) is 71.3 Å². The number of carboxylic acids is 1. The van der Waals surface area contributed by atoms with Gasteiger partial charge in [0.25, 0.3) is 0 Å². The van der Waals surface area contributed by atoms with Gasteiger partial charge in [-0.1, -0.05) is 75.4 Å². The van der Waals surface area contributed by atoms with Crippen LogP contribution in [0.5, 0.6) is 0 Å². The van der Waals surface area contributed by atoms with Crippen LogP contribution in [0.2, 0.25) is 0 Å². The first-order valence-corrected chi connectivity index (χ1v) is 13.1. The molecule has 1 aromatic carbocycles. The largest absolute Gasteiger partial charge is 0.478 e. The maximum atomic E-state index is 12.1. The van der Waals surface area contributed by atoms with Crippen molar-refractivity contribution in [2.45, 2.75) is 104 Å². The molecular weight excluding hydrogens is 422 g/mol. The SMILES string of the molecule is C/C=C(/C(=O)O)C(CC)C(C1=CCCC=C1)N1C(C)CCC1CC(C)(O)c1ccccc1.CC. The Kier molecular flexibility index (Phi) is 10.8. The van der Waals surface area contributed by atoms with Crippen molar-refractivity contribution in [3.63, 3.8) is 0 Å². The van der Waals surface area contributed by atoms with Gasteiger partial charge in [-0.2, -0.15) is 0 Å². The molecule has 0 saturated carbocycles. The Bertz CT molecular complexity index is 868. The number of aliphatic carboxylic acids is 1. The van der Waals surface area contributed by atoms with E-state index in [0.29, 0.717) is 18.0 Å². The van der Waals surface area contributed by atoms with Gasteiger partial charge in [0.05, 0.1) is 5.60 Å². The van der Waals surface area contributed by atoms with E-state index in [1.807, 2.05) is 58.0 Å². The highest BCUT2D eigenvalue weighted by Crippen LogP contribution is 2.41. The molecule has 4 heteroatoms. The van der Waals surface area contributed by atoms with Gasteiger partial charge >= 0.3 is 5.97 Å². The number of carbonyl (C=O) groups is 1. The van der Waals surface area contributed by atoms with Gasteiger partial charge in [-0.05, 0) is 70.4 Å². The first-order valence-electron chi connectivity index (χ1n) is 13.1. The molecule has 0 aromatic heterocycles. The summed E-state index contributed by atoms with van der Waals surface area (Å²) >= 11 is 0. The highest BCUT2D eigenvalue weighted by molar-refractivity contribution is 5.87. The molecule has 188 valence electrons. The van der Waals surface area contributed by atoms with Crippen LogP contribution in [0.25, 0.3) is 0 Å². The van der Waals surface area contributed by atoms with E-state index in [2.05, 4.69) is 37.0 Å². The minimum atomic E-state index is -0.937. The van der Waals surface area contributed by atoms with Crippen molar-refractivity contribution in [2.75, 3.05) is 0 Å². The van der Waals surface area contributed by atoms with E-state index in [4.69, 9.17) is 0 Å². The molecule has 1 aromatic rings. The zero-order valence-electron chi connectivity index (χ0n) is 22.0. The van der Waals surface area contributed by atoms with Crippen LogP contribution in [0.1, 0.15) is 85.6 Å². The molecule has 4 nitrogen and oxygen atoms in total. The number of likely N-dealkylation sites (tertiary alicyclic amines) is 1. The Morgan fingerprint density at radius 1 is 1.21 bits per heavy atom. The van der Waals surface area contributed by atoms with Crippen molar-refractivity contribution in [1.29, 1.82) is 0 Å². The van der Waals surface area contributed by atoms with Crippen LogP contribution in [0.15, 0.2) is 65.8 Å². The van der Waals surface area contributed by atoms with E-state index >= 15 is 0 Å². The summed E-state index contributed by atoms with van der Waals surface area (Å²) in [5.41, 5.74) is 1.71. The van der Waals surface area contributed by atoms with Crippen LogP contribution in [0.3, 0.4) is 0 Å². The minimum absolute atomic E-state index is 0.00655. The monoisotopic (exact) mass is 467 g/mol. The van der Waals surface area contributed by atoms with E-state index < -0.39 is 11.6 Å². The number of benzene rings is 1. The van der Waals surface area contributed by atoms with Crippen LogP contribution >= 0.6 is 0 Å². The summed E-state index contributed by atoms with van der Waals surface area (Å²) in [5, 5.41) is 21.4. The standard InChI is InChI=1S/C28H39NO3.C2H6/c1-5-24(25(6-2)27(30)31)26(21-13-9-7-10-14-21)29-20(3)17-18-23(29)19-28(4,32)22-15-11-8-12-16-22;1-2/h6,8-9,11-16,20,23-24,26,32H,5,7,10,17-19H2,1-4H3,(H,30,31);1-2H3/b25-6+;. The molecule has 0 bridgehead atoms. The fourth-order valence-corrected chi connectivity index (χ4v) is 5.75. The van der Waals surface area contributed by atoms with E-state index in [9.17, 15) is 15.0 Å². The number of rotatable bonds is 9. The van der Waals surface area contributed by atoms with Crippen LogP contribution in [-0.4, -0.2) is 39.2 Å². The molecule has 1 aliphatic carbocycles. The summed E-state index contributed by atoms with van der Waals surface area (Å²) in [7, 11) is 0. The summed E-state index contributed by atoms with van der Waals surface area (Å²) in [4.78, 5) is 14.7. The molecule has 1 fully saturated rings. The average molecular weight is 468 g/mol. The third kappa shape index (κ3) is 6.49. The van der Waals surface area contributed by atoms with Gasteiger partial charge in [-0.15, -0.1) is 0 Å². The summed E-state index contributed by atoms with van der Waals surface area (Å²) in [6.07, 6.45) is 13.9. The lowest BCUT2D eigenvalue weighted by Crippen LogP contribution is -2.50. The number of allylic oxidation sites excluding steroid dienone is 3. The molecule has 1 saturated heterocycles. The van der Waals surface area contributed by atoms with Crippen molar-refractivity contribution in [1.82, 2.24) is 4.90 Å². The quantitative estimate of drug-likeness (QED) is 0.389. The number of aliphatic hydroxyl groups is 1. The van der Waals surface area contributed by atoms with E-state index in [0.717, 1.165) is 37.7 Å². The maximum Gasteiger partial charge on any atom is 0.331 e. The zero-order chi connectivity index (χ0) is 25.3. The van der Waals surface area contributed by atoms with Crippen molar-refractivity contribution in [2.24, 2.45) is 5.92 Å². The molecule has 2 aliphatic rings. The van der Waals surface area contributed by atoms with Gasteiger partial charge < -0.3 is 10.2 Å². The lowest BCUT2D eigenvalue weighted by molar-refractivity contribution is -0.133. The molecule has 34 heavy (non-hydrogen) atoms. The molecule has 5 unspecified atom stereocenters. The van der Waals surface area contributed by atoms with E-state index in [1.165, 1.54) is 5.57 Å². The fourth-order valence-electron chi connectivity index (χ4n) is 5.75. The first kappa shape index (κ1) is 28.1. The third-order valence-electron chi connectivity index (χ3n) is 7.34. The highest BCUT2D eigenvalue weighted by atomic mass is 16.4. The number of nitrogens with zero attached hydrogens (tertiary/aromatic N) is 1. The van der Waals surface area contributed by atoms with Crippen molar-refractivity contribution < 1.29 is 15.0 Å². The lowest BCUT2D eigenvalue weighted by Gasteiger charge is -2.43. The number of hydrogen-bond donors (Lipinski definition) is 2. The Labute approximate surface area is 207 Å². The first-order chi connectivity index (χ1) is 16.3. The summed E-state index contributed by atoms with van der Waals surface area (Å²) in [6, 6.07) is 10.4. The molecule has 2 N–H and O–H groups in total. The normalized spacial score (nSPS) is 24.4. The number of carboxylic acid groups (broad SMARTS) is 1. The number of hydrogen-bond acceptors (Lipinski definition) is 3. The van der Waals surface area contributed by atoms with Crippen LogP contribution in [0.4, 0.5) is 0 Å². The Morgan fingerprint density at radius 2 is 1.88 bits per heavy atom. The third-order valence-corrected chi connectivity index (χ3v) is 7.34. The van der Waals surface area contributed by atoms with Gasteiger partial charge in [-0.25, -0.2) is 4.79 Å². The Balaban J connectivity index is 0.00000199. The summed E-state index contributed by atoms with van der Waals surface area (Å²) in [6.45, 7) is 12.1. The van der Waals surface area contributed by atoms with Crippen molar-refractivity contribution in [3.8, 4) is 0 Å². The van der Waals surface area contributed by atoms with Crippen molar-refractivity contribution >= 4 is 5.97 Å². The summed E-state index contributed by atoms with van der Waals surface area (Å²) in [5.74, 6) is -0.930. The van der Waals surface area contributed by atoms with Gasteiger partial charge in [0.1, 0.15) is 0 Å². The fraction of sp³-hybridized carbons (Fsp3) is 0.567. The maximum absolute atomic E-state index is 12.1. The second-order valence-corrected chi connectivity index (χ2v) is 9.56. The second-order valence-electron chi connectivity index (χ2n) is 9.56. The Morgan fingerprint density at radius 3 is 2.41 bits per heavy atom. The van der Waals surface area contributed by atoms with E-state index in [-0.39, 0.29) is 18.0 Å². The smallest absolute Gasteiger partial charge is 0.331 e. The molecule has 3 rings (SSSR count). The topological polar surface area (TPSA) is 60.8 Å². The van der Waals surface area contributed by atoms with Gasteiger partial charge in [0, 0.05) is 29.6 Å². The second kappa shape index (κ2) is 13.1. The van der Waals surface area contributed by atoms with Crippen LogP contribution in [-0.2, 0) is 10.4 Å². The summed E-state index contributed by atoms with van der Waals surface area (Å²) < 4.78 is 0. The van der Waals surface area contributed by atoms with Crippen LogP contribution in [0, 0.1) is 5.92 Å². The lowest BCUT2D eigenvalue weighted by atomic mass is 9.80. The predicted molar refractivity (Wildman–Crippen MR) is 142 cm³/mol. The zero-order valence-corrected chi connectivity index (χ0v) is 22.0. The van der Waals surface area contributed by atoms with Gasteiger partial charge in [0.2, 0.25) is 0 Å². The van der Waals surface area contributed by atoms with Crippen LogP contribution < -0.4 is 0 Å². The molecule has 0 radical (unpaired) electrons. The molecule has 0 amide bonds. The van der Waals surface area contributed by atoms with E-state index in [1.54, 1.807) is 6.08 Å². The minimum Gasteiger partial charge on any atom is -0.478 e. The predicted octanol–water partition coefficient (Wildman–Crippen LogP) is 6.87. The van der Waals surface area contributed by atoms with Gasteiger partial charge in [0.15, 0.2) is 0 Å². The highest BCUT2D eigenvalue weighted by Gasteiger charge is 2.44. The molecule has 0 spiro atoms. The van der Waals surface area contributed by atoms with Gasteiger partial charge in [-0.3, -0.25) is 4.90 Å². The Hall–Kier alpha value is -2.17. The molecule has 1 aliphatic heterocycles.